The highest BCUT2D eigenvalue weighted by Crippen LogP contribution is 2.16. The quantitative estimate of drug-likeness (QED) is 0.621. The summed E-state index contributed by atoms with van der Waals surface area (Å²) in [5.74, 6) is 0.252. The van der Waals surface area contributed by atoms with Crippen LogP contribution in [0.1, 0.15) is 0 Å². The van der Waals surface area contributed by atoms with Crippen molar-refractivity contribution in [3.8, 4) is 11.4 Å². The molecule has 0 amide bonds. The molecule has 2 heterocycles. The first-order valence-electron chi connectivity index (χ1n) is 4.90. The molecule has 3 nitrogen and oxygen atoms in total. The Balaban J connectivity index is 2.19. The van der Waals surface area contributed by atoms with Gasteiger partial charge in [0.25, 0.3) is 0 Å². The minimum Gasteiger partial charge on any atom is -0.221 e. The summed E-state index contributed by atoms with van der Waals surface area (Å²) in [7, 11) is 0. The van der Waals surface area contributed by atoms with Crippen molar-refractivity contribution in [3.63, 3.8) is 0 Å². The van der Waals surface area contributed by atoms with Crippen LogP contribution in [-0.2, 0) is 0 Å². The van der Waals surface area contributed by atoms with Crippen molar-refractivity contribution >= 4 is 5.65 Å². The first kappa shape index (κ1) is 9.03. The molecule has 0 fully saturated rings. The predicted molar refractivity (Wildman–Crippen MR) is 58.4 cm³/mol. The Labute approximate surface area is 91.2 Å². The molecule has 0 atom stereocenters. The van der Waals surface area contributed by atoms with Crippen LogP contribution in [0.5, 0.6) is 0 Å². The standard InChI is InChI=1S/C12H8FN3/c13-10-5-3-4-9(8-10)12-14-11-6-1-2-7-16(11)15-12/h1-8H. The van der Waals surface area contributed by atoms with E-state index in [4.69, 9.17) is 0 Å². The molecule has 0 aliphatic heterocycles. The number of benzene rings is 1. The Hall–Kier alpha value is -2.23. The van der Waals surface area contributed by atoms with Crippen LogP contribution in [0, 0.1) is 5.82 Å². The van der Waals surface area contributed by atoms with E-state index in [0.717, 1.165) is 5.65 Å². The van der Waals surface area contributed by atoms with Gasteiger partial charge in [-0.2, -0.15) is 0 Å². The third-order valence-corrected chi connectivity index (χ3v) is 2.32. The van der Waals surface area contributed by atoms with Crippen LogP contribution in [0.4, 0.5) is 4.39 Å². The maximum absolute atomic E-state index is 13.0. The summed E-state index contributed by atoms with van der Waals surface area (Å²) < 4.78 is 14.7. The van der Waals surface area contributed by atoms with E-state index in [1.807, 2.05) is 24.4 Å². The molecule has 2 aromatic heterocycles. The van der Waals surface area contributed by atoms with Gasteiger partial charge in [-0.05, 0) is 24.3 Å². The molecule has 1 aromatic carbocycles. The lowest BCUT2D eigenvalue weighted by atomic mass is 10.2. The molecule has 0 aliphatic carbocycles. The highest BCUT2D eigenvalue weighted by Gasteiger charge is 2.05. The number of pyridine rings is 1. The highest BCUT2D eigenvalue weighted by atomic mass is 19.1. The van der Waals surface area contributed by atoms with Gasteiger partial charge >= 0.3 is 0 Å². The zero-order valence-electron chi connectivity index (χ0n) is 8.34. The van der Waals surface area contributed by atoms with Gasteiger partial charge in [0.2, 0.25) is 0 Å². The molecule has 4 heteroatoms. The van der Waals surface area contributed by atoms with Crippen LogP contribution in [0.25, 0.3) is 17.0 Å². The van der Waals surface area contributed by atoms with Gasteiger partial charge in [-0.3, -0.25) is 0 Å². The van der Waals surface area contributed by atoms with Crippen LogP contribution in [0.3, 0.4) is 0 Å². The summed E-state index contributed by atoms with van der Waals surface area (Å²) in [6, 6.07) is 11.9. The number of hydrogen-bond acceptors (Lipinski definition) is 2. The molecule has 0 saturated carbocycles. The van der Waals surface area contributed by atoms with E-state index in [1.54, 1.807) is 16.6 Å². The van der Waals surface area contributed by atoms with Crippen LogP contribution < -0.4 is 0 Å². The van der Waals surface area contributed by atoms with E-state index in [9.17, 15) is 4.39 Å². The van der Waals surface area contributed by atoms with Crippen molar-refractivity contribution in [2.75, 3.05) is 0 Å². The van der Waals surface area contributed by atoms with Gasteiger partial charge in [-0.15, -0.1) is 5.10 Å². The Morgan fingerprint density at radius 2 is 2.00 bits per heavy atom. The Morgan fingerprint density at radius 3 is 2.81 bits per heavy atom. The van der Waals surface area contributed by atoms with Gasteiger partial charge < -0.3 is 0 Å². The number of hydrogen-bond donors (Lipinski definition) is 0. The van der Waals surface area contributed by atoms with E-state index in [2.05, 4.69) is 10.1 Å². The van der Waals surface area contributed by atoms with Gasteiger partial charge in [0.05, 0.1) is 0 Å². The van der Waals surface area contributed by atoms with E-state index < -0.39 is 0 Å². The molecule has 0 unspecified atom stereocenters. The normalized spacial score (nSPS) is 10.8. The third-order valence-electron chi connectivity index (χ3n) is 2.32. The Kier molecular flexibility index (Phi) is 1.93. The monoisotopic (exact) mass is 213 g/mol. The maximum Gasteiger partial charge on any atom is 0.182 e. The summed E-state index contributed by atoms with van der Waals surface area (Å²) in [5.41, 5.74) is 1.44. The number of nitrogens with zero attached hydrogens (tertiary/aromatic N) is 3. The topological polar surface area (TPSA) is 30.2 Å². The van der Waals surface area contributed by atoms with Gasteiger partial charge in [0.15, 0.2) is 11.5 Å². The second-order valence-electron chi connectivity index (χ2n) is 3.45. The molecular weight excluding hydrogens is 205 g/mol. The van der Waals surface area contributed by atoms with Gasteiger partial charge in [-0.1, -0.05) is 18.2 Å². The third kappa shape index (κ3) is 1.44. The van der Waals surface area contributed by atoms with Crippen molar-refractivity contribution in [1.82, 2.24) is 14.6 Å². The number of rotatable bonds is 1. The van der Waals surface area contributed by atoms with E-state index >= 15 is 0 Å². The number of fused-ring (bicyclic) bond motifs is 1. The summed E-state index contributed by atoms with van der Waals surface area (Å²) >= 11 is 0. The van der Waals surface area contributed by atoms with Crippen molar-refractivity contribution in [1.29, 1.82) is 0 Å². The first-order valence-corrected chi connectivity index (χ1v) is 4.90. The van der Waals surface area contributed by atoms with Gasteiger partial charge in [-0.25, -0.2) is 13.9 Å². The van der Waals surface area contributed by atoms with E-state index in [-0.39, 0.29) is 5.82 Å². The second-order valence-corrected chi connectivity index (χ2v) is 3.45. The van der Waals surface area contributed by atoms with Crippen LogP contribution in [-0.4, -0.2) is 14.6 Å². The fraction of sp³-hybridized carbons (Fsp3) is 0. The summed E-state index contributed by atoms with van der Waals surface area (Å²) in [6.45, 7) is 0. The lowest BCUT2D eigenvalue weighted by Gasteiger charge is -1.93. The fourth-order valence-corrected chi connectivity index (χ4v) is 1.58. The number of halogens is 1. The Bertz CT molecular complexity index is 612. The molecule has 78 valence electrons. The average Bonchev–Trinajstić information content (AvgIpc) is 2.72. The fourth-order valence-electron chi connectivity index (χ4n) is 1.58. The number of aromatic nitrogens is 3. The largest absolute Gasteiger partial charge is 0.221 e. The van der Waals surface area contributed by atoms with Crippen LogP contribution in [0.2, 0.25) is 0 Å². The molecule has 16 heavy (non-hydrogen) atoms. The molecule has 0 spiro atoms. The van der Waals surface area contributed by atoms with Crippen molar-refractivity contribution in [2.24, 2.45) is 0 Å². The van der Waals surface area contributed by atoms with E-state index in [1.165, 1.54) is 12.1 Å². The van der Waals surface area contributed by atoms with E-state index in [0.29, 0.717) is 11.4 Å². The highest BCUT2D eigenvalue weighted by molar-refractivity contribution is 5.57. The smallest absolute Gasteiger partial charge is 0.182 e. The minimum absolute atomic E-state index is 0.281. The second kappa shape index (κ2) is 3.41. The minimum atomic E-state index is -0.281. The maximum atomic E-state index is 13.0. The predicted octanol–water partition coefficient (Wildman–Crippen LogP) is 2.54. The molecule has 0 N–H and O–H groups in total. The summed E-state index contributed by atoms with van der Waals surface area (Å²) in [6.07, 6.45) is 1.81. The zero-order chi connectivity index (χ0) is 11.0. The molecule has 3 aromatic rings. The average molecular weight is 213 g/mol. The van der Waals surface area contributed by atoms with Gasteiger partial charge in [0.1, 0.15) is 5.82 Å². The SMILES string of the molecule is Fc1cccc(-c2nc3ccccn3n2)c1. The molecule has 3 rings (SSSR count). The molecule has 0 radical (unpaired) electrons. The molecule has 0 bridgehead atoms. The lowest BCUT2D eigenvalue weighted by molar-refractivity contribution is 0.628. The molecule has 0 aliphatic rings. The van der Waals surface area contributed by atoms with Gasteiger partial charge in [0, 0.05) is 11.8 Å². The van der Waals surface area contributed by atoms with Crippen LogP contribution in [0.15, 0.2) is 48.7 Å². The van der Waals surface area contributed by atoms with Crippen LogP contribution >= 0.6 is 0 Å². The van der Waals surface area contributed by atoms with Crippen molar-refractivity contribution in [3.05, 3.63) is 54.5 Å². The summed E-state index contributed by atoms with van der Waals surface area (Å²) in [5, 5.41) is 4.26. The molecule has 0 saturated heterocycles. The Morgan fingerprint density at radius 1 is 1.06 bits per heavy atom. The summed E-state index contributed by atoms with van der Waals surface area (Å²) in [4.78, 5) is 4.31. The van der Waals surface area contributed by atoms with Crippen molar-refractivity contribution < 1.29 is 4.39 Å². The molecular formula is C12H8FN3. The zero-order valence-corrected chi connectivity index (χ0v) is 8.34. The first-order chi connectivity index (χ1) is 7.83. The lowest BCUT2D eigenvalue weighted by Crippen LogP contribution is -1.85. The van der Waals surface area contributed by atoms with Crippen molar-refractivity contribution in [2.45, 2.75) is 0 Å².